The largest absolute Gasteiger partial charge is 0.491 e. The number of anilines is 1. The predicted octanol–water partition coefficient (Wildman–Crippen LogP) is 2.92. The van der Waals surface area contributed by atoms with E-state index in [0.29, 0.717) is 30.4 Å². The minimum Gasteiger partial charge on any atom is -0.491 e. The van der Waals surface area contributed by atoms with Crippen LogP contribution in [0.3, 0.4) is 0 Å². The van der Waals surface area contributed by atoms with Gasteiger partial charge in [0.25, 0.3) is 0 Å². The first kappa shape index (κ1) is 13.4. The maximum atomic E-state index is 13.6. The highest BCUT2D eigenvalue weighted by Gasteiger charge is 2.05. The Hall–Kier alpha value is -2.01. The van der Waals surface area contributed by atoms with Gasteiger partial charge in [0, 0.05) is 11.8 Å². The van der Waals surface area contributed by atoms with E-state index in [9.17, 15) is 4.39 Å². The minimum absolute atomic E-state index is 0.127. The van der Waals surface area contributed by atoms with Gasteiger partial charge in [-0.25, -0.2) is 4.39 Å². The number of ether oxygens (including phenoxy) is 1. The summed E-state index contributed by atoms with van der Waals surface area (Å²) in [5, 5.41) is 11.9. The van der Waals surface area contributed by atoms with Crippen LogP contribution in [0, 0.1) is 5.82 Å². The summed E-state index contributed by atoms with van der Waals surface area (Å²) in [5.74, 6) is 1.03. The molecular weight excluding hydrogens is 249 g/mol. The molecule has 1 aromatic heterocycles. The quantitative estimate of drug-likeness (QED) is 0.843. The van der Waals surface area contributed by atoms with E-state index in [1.165, 1.54) is 6.07 Å². The van der Waals surface area contributed by atoms with Gasteiger partial charge in [0.1, 0.15) is 18.1 Å². The summed E-state index contributed by atoms with van der Waals surface area (Å²) >= 11 is 0. The van der Waals surface area contributed by atoms with Crippen LogP contribution in [0.1, 0.15) is 18.4 Å². The SMILES string of the molecule is CCOc1ccc(NCc2ccc(CO)o2)cc1F. The van der Waals surface area contributed by atoms with E-state index >= 15 is 0 Å². The van der Waals surface area contributed by atoms with Gasteiger partial charge in [-0.15, -0.1) is 0 Å². The molecule has 0 atom stereocenters. The Kier molecular flexibility index (Phi) is 4.41. The molecule has 4 nitrogen and oxygen atoms in total. The average molecular weight is 265 g/mol. The molecule has 2 N–H and O–H groups in total. The van der Waals surface area contributed by atoms with Gasteiger partial charge in [-0.3, -0.25) is 0 Å². The van der Waals surface area contributed by atoms with Gasteiger partial charge in [0.05, 0.1) is 13.2 Å². The molecule has 1 aromatic carbocycles. The minimum atomic E-state index is -0.401. The Morgan fingerprint density at radius 2 is 2.05 bits per heavy atom. The first-order chi connectivity index (χ1) is 9.22. The predicted molar refractivity (Wildman–Crippen MR) is 69.5 cm³/mol. The van der Waals surface area contributed by atoms with Gasteiger partial charge in [0.2, 0.25) is 0 Å². The number of hydrogen-bond donors (Lipinski definition) is 2. The van der Waals surface area contributed by atoms with Crippen molar-refractivity contribution in [1.29, 1.82) is 0 Å². The summed E-state index contributed by atoms with van der Waals surface area (Å²) in [7, 11) is 0. The zero-order valence-electron chi connectivity index (χ0n) is 10.6. The van der Waals surface area contributed by atoms with Crippen LogP contribution in [0.2, 0.25) is 0 Å². The zero-order valence-corrected chi connectivity index (χ0v) is 10.6. The Morgan fingerprint density at radius 3 is 2.68 bits per heavy atom. The zero-order chi connectivity index (χ0) is 13.7. The normalized spacial score (nSPS) is 10.5. The second kappa shape index (κ2) is 6.24. The van der Waals surface area contributed by atoms with E-state index in [-0.39, 0.29) is 12.4 Å². The van der Waals surface area contributed by atoms with Crippen LogP contribution in [0.5, 0.6) is 5.75 Å². The van der Waals surface area contributed by atoms with Crippen LogP contribution in [0.15, 0.2) is 34.7 Å². The molecule has 19 heavy (non-hydrogen) atoms. The first-order valence-corrected chi connectivity index (χ1v) is 6.07. The lowest BCUT2D eigenvalue weighted by Gasteiger charge is -2.08. The Balaban J connectivity index is 1.97. The molecule has 0 aliphatic carbocycles. The standard InChI is InChI=1S/C14H16FNO3/c1-2-18-14-6-3-10(7-13(14)15)16-8-11-4-5-12(9-17)19-11/h3-7,16-17H,2,8-9H2,1H3. The van der Waals surface area contributed by atoms with Crippen LogP contribution in [-0.2, 0) is 13.2 Å². The number of hydrogen-bond acceptors (Lipinski definition) is 4. The third kappa shape index (κ3) is 3.48. The van der Waals surface area contributed by atoms with Crippen LogP contribution in [0.25, 0.3) is 0 Å². The summed E-state index contributed by atoms with van der Waals surface area (Å²) in [6.45, 7) is 2.53. The Morgan fingerprint density at radius 1 is 1.26 bits per heavy atom. The maximum Gasteiger partial charge on any atom is 0.167 e. The number of benzene rings is 1. The molecule has 0 saturated heterocycles. The van der Waals surface area contributed by atoms with Crippen molar-refractivity contribution in [2.75, 3.05) is 11.9 Å². The molecule has 5 heteroatoms. The van der Waals surface area contributed by atoms with Crippen molar-refractivity contribution in [2.45, 2.75) is 20.1 Å². The molecular formula is C14H16FNO3. The molecule has 0 fully saturated rings. The Bertz CT molecular complexity index is 539. The fourth-order valence-corrected chi connectivity index (χ4v) is 1.67. The maximum absolute atomic E-state index is 13.6. The molecule has 2 aromatic rings. The monoisotopic (exact) mass is 265 g/mol. The molecule has 0 bridgehead atoms. The number of aliphatic hydroxyl groups excluding tert-OH is 1. The van der Waals surface area contributed by atoms with Crippen molar-refractivity contribution < 1.29 is 18.7 Å². The first-order valence-electron chi connectivity index (χ1n) is 6.07. The highest BCUT2D eigenvalue weighted by molar-refractivity contribution is 5.47. The number of furan rings is 1. The summed E-state index contributed by atoms with van der Waals surface area (Å²) < 4.78 is 24.0. The van der Waals surface area contributed by atoms with Gasteiger partial charge >= 0.3 is 0 Å². The van der Waals surface area contributed by atoms with E-state index in [0.717, 1.165) is 0 Å². The third-order valence-corrected chi connectivity index (χ3v) is 2.57. The molecule has 2 rings (SSSR count). The van der Waals surface area contributed by atoms with Crippen molar-refractivity contribution in [3.8, 4) is 5.75 Å². The van der Waals surface area contributed by atoms with E-state index in [4.69, 9.17) is 14.3 Å². The van der Waals surface area contributed by atoms with E-state index in [2.05, 4.69) is 5.32 Å². The number of rotatable bonds is 6. The smallest absolute Gasteiger partial charge is 0.167 e. The van der Waals surface area contributed by atoms with Gasteiger partial charge in [0.15, 0.2) is 11.6 Å². The average Bonchev–Trinajstić information content (AvgIpc) is 2.87. The van der Waals surface area contributed by atoms with E-state index in [1.807, 2.05) is 0 Å². The summed E-state index contributed by atoms with van der Waals surface area (Å²) in [6, 6.07) is 8.17. The van der Waals surface area contributed by atoms with Crippen LogP contribution < -0.4 is 10.1 Å². The van der Waals surface area contributed by atoms with E-state index in [1.54, 1.807) is 31.2 Å². The highest BCUT2D eigenvalue weighted by atomic mass is 19.1. The molecule has 102 valence electrons. The summed E-state index contributed by atoms with van der Waals surface area (Å²) in [6.07, 6.45) is 0. The van der Waals surface area contributed by atoms with Crippen molar-refractivity contribution in [3.05, 3.63) is 47.7 Å². The van der Waals surface area contributed by atoms with Crippen molar-refractivity contribution in [1.82, 2.24) is 0 Å². The summed E-state index contributed by atoms with van der Waals surface area (Å²) in [4.78, 5) is 0. The van der Waals surface area contributed by atoms with Gasteiger partial charge in [-0.2, -0.15) is 0 Å². The van der Waals surface area contributed by atoms with Crippen LogP contribution >= 0.6 is 0 Å². The molecule has 0 amide bonds. The molecule has 1 heterocycles. The highest BCUT2D eigenvalue weighted by Crippen LogP contribution is 2.21. The van der Waals surface area contributed by atoms with E-state index < -0.39 is 5.82 Å². The number of halogens is 1. The molecule has 0 saturated carbocycles. The molecule has 0 aliphatic heterocycles. The fourth-order valence-electron chi connectivity index (χ4n) is 1.67. The third-order valence-electron chi connectivity index (χ3n) is 2.57. The fraction of sp³-hybridized carbons (Fsp3) is 0.286. The van der Waals surface area contributed by atoms with Gasteiger partial charge in [-0.1, -0.05) is 0 Å². The molecule has 0 radical (unpaired) electrons. The molecule has 0 spiro atoms. The molecule has 0 unspecified atom stereocenters. The summed E-state index contributed by atoms with van der Waals surface area (Å²) in [5.41, 5.74) is 0.642. The lowest BCUT2D eigenvalue weighted by molar-refractivity contribution is 0.244. The lowest BCUT2D eigenvalue weighted by atomic mass is 10.3. The van der Waals surface area contributed by atoms with Crippen molar-refractivity contribution in [2.24, 2.45) is 0 Å². The topological polar surface area (TPSA) is 54.6 Å². The lowest BCUT2D eigenvalue weighted by Crippen LogP contribution is -2.00. The number of nitrogens with one attached hydrogen (secondary N) is 1. The molecule has 0 aliphatic rings. The van der Waals surface area contributed by atoms with Crippen molar-refractivity contribution >= 4 is 5.69 Å². The van der Waals surface area contributed by atoms with Gasteiger partial charge < -0.3 is 19.6 Å². The van der Waals surface area contributed by atoms with Crippen LogP contribution in [-0.4, -0.2) is 11.7 Å². The van der Waals surface area contributed by atoms with Crippen molar-refractivity contribution in [3.63, 3.8) is 0 Å². The second-order valence-electron chi connectivity index (χ2n) is 3.96. The second-order valence-corrected chi connectivity index (χ2v) is 3.96. The van der Waals surface area contributed by atoms with Gasteiger partial charge in [-0.05, 0) is 31.2 Å². The Labute approximate surface area is 110 Å². The van der Waals surface area contributed by atoms with Crippen LogP contribution in [0.4, 0.5) is 10.1 Å². The number of aliphatic hydroxyl groups is 1.